The van der Waals surface area contributed by atoms with E-state index < -0.39 is 0 Å². The highest BCUT2D eigenvalue weighted by Crippen LogP contribution is 2.36. The third-order valence-electron chi connectivity index (χ3n) is 4.72. The van der Waals surface area contributed by atoms with Crippen LogP contribution in [-0.2, 0) is 12.0 Å². The molecule has 0 bridgehead atoms. The van der Waals surface area contributed by atoms with Gasteiger partial charge >= 0.3 is 0 Å². The molecule has 0 aliphatic heterocycles. The van der Waals surface area contributed by atoms with Gasteiger partial charge < -0.3 is 5.73 Å². The van der Waals surface area contributed by atoms with Crippen LogP contribution in [0.1, 0.15) is 42.5 Å². The van der Waals surface area contributed by atoms with Crippen LogP contribution in [0.3, 0.4) is 0 Å². The zero-order valence-electron chi connectivity index (χ0n) is 12.7. The third kappa shape index (κ3) is 2.74. The van der Waals surface area contributed by atoms with Crippen LogP contribution in [0.4, 0.5) is 0 Å². The van der Waals surface area contributed by atoms with E-state index in [0.717, 1.165) is 6.42 Å². The molecule has 0 aromatic heterocycles. The van der Waals surface area contributed by atoms with Crippen LogP contribution >= 0.6 is 0 Å². The lowest BCUT2D eigenvalue weighted by Gasteiger charge is -2.41. The number of hydrogen-bond donors (Lipinski definition) is 2. The molecule has 2 atom stereocenters. The van der Waals surface area contributed by atoms with Crippen molar-refractivity contribution in [2.45, 2.75) is 37.8 Å². The van der Waals surface area contributed by atoms with Gasteiger partial charge in [0.25, 0.3) is 0 Å². The molecule has 2 nitrogen and oxygen atoms in total. The molecule has 3 rings (SSSR count). The summed E-state index contributed by atoms with van der Waals surface area (Å²) in [4.78, 5) is 0. The maximum atomic E-state index is 6.22. The maximum Gasteiger partial charge on any atom is 0.0566 e. The Morgan fingerprint density at radius 3 is 2.57 bits per heavy atom. The lowest BCUT2D eigenvalue weighted by molar-refractivity contribution is 0.265. The Morgan fingerprint density at radius 2 is 1.81 bits per heavy atom. The highest BCUT2D eigenvalue weighted by atomic mass is 15.0. The van der Waals surface area contributed by atoms with Crippen molar-refractivity contribution >= 4 is 0 Å². The number of nitrogens with two attached hydrogens (primary N) is 1. The van der Waals surface area contributed by atoms with E-state index in [2.05, 4.69) is 66.8 Å². The molecule has 0 spiro atoms. The van der Waals surface area contributed by atoms with Crippen LogP contribution in [0, 0.1) is 0 Å². The Bertz CT molecular complexity index is 594. The first-order valence-electron chi connectivity index (χ1n) is 7.86. The largest absolute Gasteiger partial charge is 0.328 e. The Hall–Kier alpha value is -1.64. The molecule has 2 unspecified atom stereocenters. The lowest BCUT2D eigenvalue weighted by Crippen LogP contribution is -2.51. The number of fused-ring (bicyclic) bond motifs is 1. The van der Waals surface area contributed by atoms with Gasteiger partial charge in [-0.1, -0.05) is 54.6 Å². The minimum atomic E-state index is -0.0932. The molecule has 1 aliphatic rings. The minimum absolute atomic E-state index is 0.0932. The molecule has 0 amide bonds. The molecule has 2 heteroatoms. The first kappa shape index (κ1) is 14.3. The van der Waals surface area contributed by atoms with Gasteiger partial charge in [0.1, 0.15) is 0 Å². The van der Waals surface area contributed by atoms with Crippen LogP contribution in [0.2, 0.25) is 0 Å². The van der Waals surface area contributed by atoms with E-state index in [4.69, 9.17) is 5.73 Å². The topological polar surface area (TPSA) is 38.0 Å². The van der Waals surface area contributed by atoms with Crippen LogP contribution in [-0.4, -0.2) is 6.54 Å². The van der Waals surface area contributed by atoms with Crippen molar-refractivity contribution in [1.82, 2.24) is 5.32 Å². The highest BCUT2D eigenvalue weighted by Gasteiger charge is 2.36. The van der Waals surface area contributed by atoms with Crippen LogP contribution < -0.4 is 11.1 Å². The van der Waals surface area contributed by atoms with Crippen molar-refractivity contribution < 1.29 is 0 Å². The first-order chi connectivity index (χ1) is 10.2. The molecule has 1 aliphatic carbocycles. The number of hydrogen-bond acceptors (Lipinski definition) is 2. The highest BCUT2D eigenvalue weighted by molar-refractivity contribution is 5.37. The number of rotatable bonds is 4. The van der Waals surface area contributed by atoms with E-state index in [9.17, 15) is 0 Å². The molecule has 0 fully saturated rings. The lowest BCUT2D eigenvalue weighted by atomic mass is 9.76. The minimum Gasteiger partial charge on any atom is -0.328 e. The van der Waals surface area contributed by atoms with Gasteiger partial charge in [0.15, 0.2) is 0 Å². The molecule has 21 heavy (non-hydrogen) atoms. The van der Waals surface area contributed by atoms with Gasteiger partial charge in [0, 0.05) is 12.6 Å². The molecule has 2 aromatic carbocycles. The molecule has 0 saturated carbocycles. The van der Waals surface area contributed by atoms with Crippen molar-refractivity contribution in [3.05, 3.63) is 71.3 Å². The summed E-state index contributed by atoms with van der Waals surface area (Å²) in [6.45, 7) is 2.87. The average molecular weight is 280 g/mol. The molecule has 110 valence electrons. The van der Waals surface area contributed by atoms with Gasteiger partial charge in [-0.3, -0.25) is 5.32 Å². The standard InChI is InChI=1S/C19H24N2/c1-15(16-8-3-2-4-9-16)21-19(14-20)13-7-11-17-10-5-6-12-18(17)19/h2-6,8-10,12,15,21H,7,11,13-14,20H2,1H3. The molecular weight excluding hydrogens is 256 g/mol. The quantitative estimate of drug-likeness (QED) is 0.899. The molecule has 0 radical (unpaired) electrons. The van der Waals surface area contributed by atoms with Gasteiger partial charge in [0.2, 0.25) is 0 Å². The summed E-state index contributed by atoms with van der Waals surface area (Å²) in [6, 6.07) is 19.6. The monoisotopic (exact) mass is 280 g/mol. The van der Waals surface area contributed by atoms with Crippen molar-refractivity contribution in [3.63, 3.8) is 0 Å². The summed E-state index contributed by atoms with van der Waals surface area (Å²) >= 11 is 0. The fourth-order valence-corrected chi connectivity index (χ4v) is 3.58. The van der Waals surface area contributed by atoms with Gasteiger partial charge in [-0.2, -0.15) is 0 Å². The molecule has 2 aromatic rings. The maximum absolute atomic E-state index is 6.22. The summed E-state index contributed by atoms with van der Waals surface area (Å²) < 4.78 is 0. The normalized spacial score (nSPS) is 22.6. The van der Waals surface area contributed by atoms with E-state index in [-0.39, 0.29) is 5.54 Å². The Morgan fingerprint density at radius 1 is 1.10 bits per heavy atom. The first-order valence-corrected chi connectivity index (χ1v) is 7.86. The van der Waals surface area contributed by atoms with E-state index in [1.54, 1.807) is 0 Å². The summed E-state index contributed by atoms with van der Waals surface area (Å²) in [5.74, 6) is 0. The van der Waals surface area contributed by atoms with Crippen molar-refractivity contribution in [2.75, 3.05) is 6.54 Å². The Labute approximate surface area is 127 Å². The van der Waals surface area contributed by atoms with Crippen LogP contribution in [0.25, 0.3) is 0 Å². The van der Waals surface area contributed by atoms with Crippen molar-refractivity contribution in [3.8, 4) is 0 Å². The second kappa shape index (κ2) is 6.00. The average Bonchev–Trinajstić information content (AvgIpc) is 2.56. The van der Waals surface area contributed by atoms with E-state index in [1.807, 2.05) is 0 Å². The summed E-state index contributed by atoms with van der Waals surface area (Å²) in [5.41, 5.74) is 10.3. The Kier molecular flexibility index (Phi) is 4.09. The number of nitrogens with one attached hydrogen (secondary N) is 1. The van der Waals surface area contributed by atoms with E-state index in [1.165, 1.54) is 29.5 Å². The number of aryl methyl sites for hydroxylation is 1. The van der Waals surface area contributed by atoms with Gasteiger partial charge in [-0.25, -0.2) is 0 Å². The number of benzene rings is 2. The third-order valence-corrected chi connectivity index (χ3v) is 4.72. The molecule has 3 N–H and O–H groups in total. The van der Waals surface area contributed by atoms with Gasteiger partial charge in [0.05, 0.1) is 5.54 Å². The fourth-order valence-electron chi connectivity index (χ4n) is 3.58. The smallest absolute Gasteiger partial charge is 0.0566 e. The molecular formula is C19H24N2. The Balaban J connectivity index is 1.92. The fraction of sp³-hybridized carbons (Fsp3) is 0.368. The predicted octanol–water partition coefficient (Wildman–Crippen LogP) is 3.53. The molecule has 0 saturated heterocycles. The van der Waals surface area contributed by atoms with Crippen LogP contribution in [0.15, 0.2) is 54.6 Å². The van der Waals surface area contributed by atoms with Crippen molar-refractivity contribution in [2.24, 2.45) is 5.73 Å². The second-order valence-electron chi connectivity index (χ2n) is 6.07. The summed E-state index contributed by atoms with van der Waals surface area (Å²) in [7, 11) is 0. The van der Waals surface area contributed by atoms with Gasteiger partial charge in [-0.15, -0.1) is 0 Å². The van der Waals surface area contributed by atoms with Gasteiger partial charge in [-0.05, 0) is 42.9 Å². The predicted molar refractivity (Wildman–Crippen MR) is 88.1 cm³/mol. The van der Waals surface area contributed by atoms with E-state index in [0.29, 0.717) is 12.6 Å². The zero-order chi connectivity index (χ0) is 14.7. The second-order valence-corrected chi connectivity index (χ2v) is 6.07. The summed E-state index contributed by atoms with van der Waals surface area (Å²) in [6.07, 6.45) is 3.47. The zero-order valence-corrected chi connectivity index (χ0v) is 12.7. The van der Waals surface area contributed by atoms with Crippen LogP contribution in [0.5, 0.6) is 0 Å². The SMILES string of the molecule is CC(NC1(CN)CCCc2ccccc21)c1ccccc1. The van der Waals surface area contributed by atoms with E-state index >= 15 is 0 Å². The summed E-state index contributed by atoms with van der Waals surface area (Å²) in [5, 5.41) is 3.83. The van der Waals surface area contributed by atoms with Crippen molar-refractivity contribution in [1.29, 1.82) is 0 Å². The molecule has 0 heterocycles.